The van der Waals surface area contributed by atoms with Crippen molar-refractivity contribution in [2.45, 2.75) is 52.5 Å². The number of rotatable bonds is 6. The van der Waals surface area contributed by atoms with Gasteiger partial charge in [0.15, 0.2) is 10.8 Å². The molecule has 3 rings (SSSR count). The van der Waals surface area contributed by atoms with Gasteiger partial charge in [0.25, 0.3) is 5.91 Å². The molecule has 8 heteroatoms. The molecule has 0 saturated heterocycles. The number of thiazole rings is 1. The van der Waals surface area contributed by atoms with E-state index in [4.69, 9.17) is 4.42 Å². The molecule has 2 heterocycles. The van der Waals surface area contributed by atoms with Gasteiger partial charge in [0.05, 0.1) is 0 Å². The van der Waals surface area contributed by atoms with Gasteiger partial charge in [-0.25, -0.2) is 9.97 Å². The molecule has 1 saturated carbocycles. The van der Waals surface area contributed by atoms with Crippen molar-refractivity contribution in [3.05, 3.63) is 28.9 Å². The lowest BCUT2D eigenvalue weighted by Crippen LogP contribution is -2.35. The Kier molecular flexibility index (Phi) is 5.70. The molecule has 0 aromatic carbocycles. The summed E-state index contributed by atoms with van der Waals surface area (Å²) in [6, 6.07) is -0.358. The van der Waals surface area contributed by atoms with Gasteiger partial charge in [-0.1, -0.05) is 26.7 Å². The van der Waals surface area contributed by atoms with Crippen molar-refractivity contribution in [1.82, 2.24) is 15.3 Å². The molecule has 2 aromatic rings. The molecule has 1 aliphatic rings. The first kappa shape index (κ1) is 18.6. The van der Waals surface area contributed by atoms with Crippen LogP contribution in [0.3, 0.4) is 0 Å². The van der Waals surface area contributed by atoms with Gasteiger partial charge in [0.2, 0.25) is 11.8 Å². The van der Waals surface area contributed by atoms with E-state index in [-0.39, 0.29) is 35.4 Å². The summed E-state index contributed by atoms with van der Waals surface area (Å²) in [5.41, 5.74) is 0.218. The van der Waals surface area contributed by atoms with Crippen LogP contribution in [0, 0.1) is 18.8 Å². The number of aryl methyl sites for hydroxylation is 1. The molecule has 0 spiro atoms. The van der Waals surface area contributed by atoms with E-state index < -0.39 is 0 Å². The third-order valence-electron chi connectivity index (χ3n) is 4.64. The Morgan fingerprint density at radius 2 is 2.04 bits per heavy atom. The van der Waals surface area contributed by atoms with Gasteiger partial charge in [-0.2, -0.15) is 0 Å². The number of oxazole rings is 1. The molecule has 1 aliphatic carbocycles. The molecule has 26 heavy (non-hydrogen) atoms. The molecule has 7 nitrogen and oxygen atoms in total. The number of aromatic nitrogens is 2. The second kappa shape index (κ2) is 7.99. The van der Waals surface area contributed by atoms with Crippen molar-refractivity contribution in [1.29, 1.82) is 0 Å². The van der Waals surface area contributed by atoms with Crippen molar-refractivity contribution < 1.29 is 14.0 Å². The van der Waals surface area contributed by atoms with E-state index >= 15 is 0 Å². The molecule has 0 bridgehead atoms. The van der Waals surface area contributed by atoms with Crippen molar-refractivity contribution in [3.8, 4) is 0 Å². The summed E-state index contributed by atoms with van der Waals surface area (Å²) in [6.45, 7) is 5.69. The van der Waals surface area contributed by atoms with Gasteiger partial charge in [0, 0.05) is 17.5 Å². The fourth-order valence-electron chi connectivity index (χ4n) is 3.17. The highest BCUT2D eigenvalue weighted by Crippen LogP contribution is 2.28. The zero-order chi connectivity index (χ0) is 18.7. The fraction of sp³-hybridized carbons (Fsp3) is 0.556. The summed E-state index contributed by atoms with van der Waals surface area (Å²) in [4.78, 5) is 33.3. The average molecular weight is 376 g/mol. The Labute approximate surface area is 156 Å². The second-order valence-electron chi connectivity index (χ2n) is 6.96. The molecule has 140 valence electrons. The highest BCUT2D eigenvalue weighted by atomic mass is 32.1. The van der Waals surface area contributed by atoms with E-state index in [1.807, 2.05) is 13.8 Å². The molecule has 2 N–H and O–H groups in total. The SMILES string of the molecule is Cc1oc([C@H](NC(=O)C2CCCC2)C(C)C)nc1C(=O)Nc1nccs1. The molecule has 2 aromatic heterocycles. The first-order valence-corrected chi connectivity index (χ1v) is 9.82. The van der Waals surface area contributed by atoms with E-state index in [0.717, 1.165) is 25.7 Å². The van der Waals surface area contributed by atoms with Gasteiger partial charge in [-0.3, -0.25) is 14.9 Å². The number of carbonyl (C=O) groups excluding carboxylic acids is 2. The maximum absolute atomic E-state index is 12.5. The van der Waals surface area contributed by atoms with Gasteiger partial charge >= 0.3 is 0 Å². The summed E-state index contributed by atoms with van der Waals surface area (Å²) in [5.74, 6) is 0.638. The average Bonchev–Trinajstić information content (AvgIpc) is 3.33. The topological polar surface area (TPSA) is 97.1 Å². The number of nitrogens with zero attached hydrogens (tertiary/aromatic N) is 2. The predicted molar refractivity (Wildman–Crippen MR) is 99.0 cm³/mol. The molecule has 0 unspecified atom stereocenters. The highest BCUT2D eigenvalue weighted by molar-refractivity contribution is 7.13. The quantitative estimate of drug-likeness (QED) is 0.801. The maximum atomic E-state index is 12.5. The first-order chi connectivity index (χ1) is 12.5. The third-order valence-corrected chi connectivity index (χ3v) is 5.33. The van der Waals surface area contributed by atoms with Gasteiger partial charge in [0.1, 0.15) is 11.8 Å². The summed E-state index contributed by atoms with van der Waals surface area (Å²) in [5, 5.41) is 8.06. The van der Waals surface area contributed by atoms with Crippen LogP contribution in [0.2, 0.25) is 0 Å². The van der Waals surface area contributed by atoms with Gasteiger partial charge in [-0.05, 0) is 25.7 Å². The largest absolute Gasteiger partial charge is 0.443 e. The normalized spacial score (nSPS) is 16.0. The lowest BCUT2D eigenvalue weighted by Gasteiger charge is -2.21. The van der Waals surface area contributed by atoms with E-state index in [9.17, 15) is 9.59 Å². The Bertz CT molecular complexity index is 764. The van der Waals surface area contributed by atoms with Gasteiger partial charge < -0.3 is 9.73 Å². The number of amides is 2. The third kappa shape index (κ3) is 4.12. The predicted octanol–water partition coefficient (Wildman–Crippen LogP) is 3.70. The van der Waals surface area contributed by atoms with Crippen molar-refractivity contribution in [2.24, 2.45) is 11.8 Å². The van der Waals surface area contributed by atoms with Crippen LogP contribution in [0.1, 0.15) is 67.7 Å². The Hall–Kier alpha value is -2.22. The van der Waals surface area contributed by atoms with E-state index in [0.29, 0.717) is 16.8 Å². The summed E-state index contributed by atoms with van der Waals surface area (Å²) in [6.07, 6.45) is 5.69. The number of nitrogens with one attached hydrogen (secondary N) is 2. The number of hydrogen-bond donors (Lipinski definition) is 2. The number of carbonyl (C=O) groups is 2. The minimum Gasteiger partial charge on any atom is -0.443 e. The van der Waals surface area contributed by atoms with Crippen LogP contribution in [-0.2, 0) is 4.79 Å². The van der Waals surface area contributed by atoms with Crippen LogP contribution >= 0.6 is 11.3 Å². The van der Waals surface area contributed by atoms with Crippen LogP contribution in [0.5, 0.6) is 0 Å². The molecular formula is C18H24N4O3S. The Morgan fingerprint density at radius 1 is 1.31 bits per heavy atom. The lowest BCUT2D eigenvalue weighted by molar-refractivity contribution is -0.126. The first-order valence-electron chi connectivity index (χ1n) is 8.94. The monoisotopic (exact) mass is 376 g/mol. The smallest absolute Gasteiger partial charge is 0.279 e. The summed E-state index contributed by atoms with van der Waals surface area (Å²) in [7, 11) is 0. The molecule has 1 fully saturated rings. The van der Waals surface area contributed by atoms with Crippen molar-refractivity contribution in [2.75, 3.05) is 5.32 Å². The van der Waals surface area contributed by atoms with Crippen LogP contribution in [-0.4, -0.2) is 21.8 Å². The number of anilines is 1. The molecule has 2 amide bonds. The minimum atomic E-state index is -0.364. The fourth-order valence-corrected chi connectivity index (χ4v) is 3.70. The van der Waals surface area contributed by atoms with Gasteiger partial charge in [-0.15, -0.1) is 11.3 Å². The summed E-state index contributed by atoms with van der Waals surface area (Å²) < 4.78 is 5.74. The number of hydrogen-bond acceptors (Lipinski definition) is 6. The molecular weight excluding hydrogens is 352 g/mol. The van der Waals surface area contributed by atoms with Crippen LogP contribution < -0.4 is 10.6 Å². The lowest BCUT2D eigenvalue weighted by atomic mass is 10.0. The molecule has 0 radical (unpaired) electrons. The summed E-state index contributed by atoms with van der Waals surface area (Å²) >= 11 is 1.33. The van der Waals surface area contributed by atoms with E-state index in [1.54, 1.807) is 18.5 Å². The van der Waals surface area contributed by atoms with E-state index in [1.165, 1.54) is 11.3 Å². The van der Waals surface area contributed by atoms with Crippen molar-refractivity contribution >= 4 is 28.3 Å². The molecule has 0 aliphatic heterocycles. The van der Waals surface area contributed by atoms with E-state index in [2.05, 4.69) is 20.6 Å². The minimum absolute atomic E-state index is 0.0471. The standard InChI is InChI=1S/C18H24N4O3S/c1-10(2)13(20-15(23)12-6-4-5-7-12)17-21-14(11(3)25-17)16(24)22-18-19-8-9-26-18/h8-10,12-13H,4-7H2,1-3H3,(H,20,23)(H,19,22,24)/t13-/m1/s1. The Morgan fingerprint density at radius 3 is 2.65 bits per heavy atom. The maximum Gasteiger partial charge on any atom is 0.279 e. The van der Waals surface area contributed by atoms with Crippen LogP contribution in [0.25, 0.3) is 0 Å². The zero-order valence-corrected chi connectivity index (χ0v) is 16.1. The highest BCUT2D eigenvalue weighted by Gasteiger charge is 2.30. The zero-order valence-electron chi connectivity index (χ0n) is 15.2. The second-order valence-corrected chi connectivity index (χ2v) is 7.85. The van der Waals surface area contributed by atoms with Crippen LogP contribution in [0.15, 0.2) is 16.0 Å². The Balaban J connectivity index is 1.75. The molecule has 1 atom stereocenters. The van der Waals surface area contributed by atoms with Crippen molar-refractivity contribution in [3.63, 3.8) is 0 Å². The van der Waals surface area contributed by atoms with Crippen LogP contribution in [0.4, 0.5) is 5.13 Å².